The molecule has 0 atom stereocenters. The Morgan fingerprint density at radius 3 is 2.82 bits per heavy atom. The van der Waals surface area contributed by atoms with Gasteiger partial charge in [-0.2, -0.15) is 5.26 Å². The van der Waals surface area contributed by atoms with Gasteiger partial charge in [-0.15, -0.1) is 0 Å². The number of nitrogens with zero attached hydrogens (tertiary/aromatic N) is 1. The minimum absolute atomic E-state index is 0.00602. The zero-order valence-electron chi connectivity index (χ0n) is 5.26. The molecule has 0 aromatic carbocycles. The maximum Gasteiger partial charge on any atom is 0.270 e. The molecule has 4 nitrogen and oxygen atoms in total. The van der Waals surface area contributed by atoms with Gasteiger partial charge in [0, 0.05) is 6.07 Å². The van der Waals surface area contributed by atoms with Crippen LogP contribution in [0.2, 0.25) is 5.15 Å². The molecule has 1 heterocycles. The summed E-state index contributed by atoms with van der Waals surface area (Å²) in [6, 6.07) is 2.64. The number of H-pyrrole nitrogens is 1. The van der Waals surface area contributed by atoms with E-state index in [1.165, 1.54) is 6.07 Å². The Morgan fingerprint density at radius 2 is 2.36 bits per heavy atom. The van der Waals surface area contributed by atoms with Gasteiger partial charge < -0.3 is 10.1 Å². The fourth-order valence-electron chi connectivity index (χ4n) is 0.624. The van der Waals surface area contributed by atoms with Crippen molar-refractivity contribution in [1.82, 2.24) is 4.98 Å². The van der Waals surface area contributed by atoms with E-state index in [9.17, 15) is 4.79 Å². The molecule has 5 heteroatoms. The summed E-state index contributed by atoms with van der Waals surface area (Å²) in [4.78, 5) is 12.9. The van der Waals surface area contributed by atoms with Crippen LogP contribution in [0.3, 0.4) is 0 Å². The van der Waals surface area contributed by atoms with Gasteiger partial charge in [0.2, 0.25) is 0 Å². The first-order valence-corrected chi connectivity index (χ1v) is 3.05. The fourth-order valence-corrected chi connectivity index (χ4v) is 0.813. The molecule has 0 amide bonds. The number of pyridine rings is 1. The highest BCUT2D eigenvalue weighted by Gasteiger charge is 2.05. The van der Waals surface area contributed by atoms with E-state index in [1.54, 1.807) is 0 Å². The van der Waals surface area contributed by atoms with Crippen molar-refractivity contribution in [3.05, 3.63) is 27.1 Å². The predicted octanol–water partition coefficient (Wildman–Crippen LogP) is 0.606. The fraction of sp³-hybridized carbons (Fsp3) is 0. The van der Waals surface area contributed by atoms with E-state index in [-0.39, 0.29) is 10.7 Å². The van der Waals surface area contributed by atoms with E-state index in [2.05, 4.69) is 4.98 Å². The summed E-state index contributed by atoms with van der Waals surface area (Å²) in [6.45, 7) is 0. The summed E-state index contributed by atoms with van der Waals surface area (Å²) in [5.74, 6) is -0.402. The predicted molar refractivity (Wildman–Crippen MR) is 38.5 cm³/mol. The Labute approximate surface area is 66.7 Å². The summed E-state index contributed by atoms with van der Waals surface area (Å²) in [5.41, 5.74) is -1.01. The Hall–Kier alpha value is -1.47. The number of aromatic nitrogens is 1. The number of hydrogen-bond acceptors (Lipinski definition) is 3. The number of rotatable bonds is 0. The standard InChI is InChI=1S/C6H3ClN2O2/c7-5-1-4(10)3(2-8)6(11)9-5/h1H,(H2,9,10,11). The van der Waals surface area contributed by atoms with Crippen LogP contribution in [0.4, 0.5) is 0 Å². The highest BCUT2D eigenvalue weighted by molar-refractivity contribution is 6.29. The molecular weight excluding hydrogens is 168 g/mol. The van der Waals surface area contributed by atoms with E-state index in [0.717, 1.165) is 6.07 Å². The summed E-state index contributed by atoms with van der Waals surface area (Å²) < 4.78 is 0. The lowest BCUT2D eigenvalue weighted by Gasteiger charge is -1.93. The number of aromatic hydroxyl groups is 1. The number of nitrogens with one attached hydrogen (secondary N) is 1. The van der Waals surface area contributed by atoms with Crippen molar-refractivity contribution in [3.63, 3.8) is 0 Å². The average Bonchev–Trinajstić information content (AvgIpc) is 1.85. The van der Waals surface area contributed by atoms with Crippen LogP contribution < -0.4 is 5.56 Å². The van der Waals surface area contributed by atoms with Gasteiger partial charge in [-0.3, -0.25) is 4.79 Å². The van der Waals surface area contributed by atoms with Gasteiger partial charge in [-0.1, -0.05) is 11.6 Å². The number of hydrogen-bond donors (Lipinski definition) is 2. The molecule has 0 saturated carbocycles. The van der Waals surface area contributed by atoms with Crippen LogP contribution in [-0.2, 0) is 0 Å². The van der Waals surface area contributed by atoms with Crippen molar-refractivity contribution < 1.29 is 5.11 Å². The molecule has 0 fully saturated rings. The molecule has 1 aromatic heterocycles. The summed E-state index contributed by atoms with van der Waals surface area (Å²) in [7, 11) is 0. The molecule has 0 spiro atoms. The van der Waals surface area contributed by atoms with E-state index < -0.39 is 11.3 Å². The lowest BCUT2D eigenvalue weighted by molar-refractivity contribution is 0.472. The first-order valence-electron chi connectivity index (χ1n) is 2.67. The largest absolute Gasteiger partial charge is 0.506 e. The average molecular weight is 171 g/mol. The van der Waals surface area contributed by atoms with Gasteiger partial charge >= 0.3 is 0 Å². The van der Waals surface area contributed by atoms with E-state index in [1.807, 2.05) is 0 Å². The van der Waals surface area contributed by atoms with Gasteiger partial charge in [-0.25, -0.2) is 0 Å². The third-order valence-corrected chi connectivity index (χ3v) is 1.29. The molecule has 1 aromatic rings. The molecule has 0 aliphatic rings. The van der Waals surface area contributed by atoms with Crippen LogP contribution in [0.1, 0.15) is 5.56 Å². The van der Waals surface area contributed by atoms with Gasteiger partial charge in [0.05, 0.1) is 0 Å². The molecule has 1 rings (SSSR count). The molecule has 0 aliphatic heterocycles. The third kappa shape index (κ3) is 1.33. The smallest absolute Gasteiger partial charge is 0.270 e. The first kappa shape index (κ1) is 7.63. The Morgan fingerprint density at radius 1 is 1.73 bits per heavy atom. The van der Waals surface area contributed by atoms with Gasteiger partial charge in [-0.05, 0) is 0 Å². The van der Waals surface area contributed by atoms with E-state index in [4.69, 9.17) is 22.0 Å². The second-order valence-electron chi connectivity index (χ2n) is 1.82. The lowest BCUT2D eigenvalue weighted by Crippen LogP contribution is -2.09. The zero-order chi connectivity index (χ0) is 8.43. The molecule has 2 N–H and O–H groups in total. The second-order valence-corrected chi connectivity index (χ2v) is 2.23. The zero-order valence-corrected chi connectivity index (χ0v) is 6.01. The maximum atomic E-state index is 10.8. The topological polar surface area (TPSA) is 76.9 Å². The first-order chi connectivity index (χ1) is 5.15. The highest BCUT2D eigenvalue weighted by atomic mass is 35.5. The van der Waals surface area contributed by atoms with Crippen molar-refractivity contribution >= 4 is 11.6 Å². The SMILES string of the molecule is N#Cc1c(O)cc(Cl)[nH]c1=O. The van der Waals surface area contributed by atoms with Crippen LogP contribution in [0, 0.1) is 11.3 Å². The highest BCUT2D eigenvalue weighted by Crippen LogP contribution is 2.14. The molecule has 0 bridgehead atoms. The molecule has 0 radical (unpaired) electrons. The van der Waals surface area contributed by atoms with E-state index >= 15 is 0 Å². The van der Waals surface area contributed by atoms with Crippen LogP contribution in [0.25, 0.3) is 0 Å². The van der Waals surface area contributed by atoms with Crippen molar-refractivity contribution in [3.8, 4) is 11.8 Å². The van der Waals surface area contributed by atoms with Crippen LogP contribution in [0.5, 0.6) is 5.75 Å². The molecule has 11 heavy (non-hydrogen) atoms. The van der Waals surface area contributed by atoms with Crippen LogP contribution >= 0.6 is 11.6 Å². The molecule has 0 aliphatic carbocycles. The van der Waals surface area contributed by atoms with Crippen molar-refractivity contribution in [1.29, 1.82) is 5.26 Å². The van der Waals surface area contributed by atoms with Crippen molar-refractivity contribution in [2.45, 2.75) is 0 Å². The quantitative estimate of drug-likeness (QED) is 0.560. The number of aromatic amines is 1. The molecule has 56 valence electrons. The van der Waals surface area contributed by atoms with Crippen molar-refractivity contribution in [2.24, 2.45) is 0 Å². The van der Waals surface area contributed by atoms with Crippen molar-refractivity contribution in [2.75, 3.05) is 0 Å². The van der Waals surface area contributed by atoms with Crippen LogP contribution in [0.15, 0.2) is 10.9 Å². The molecular formula is C6H3ClN2O2. The van der Waals surface area contributed by atoms with Gasteiger partial charge in [0.1, 0.15) is 17.0 Å². The number of halogens is 1. The lowest BCUT2D eigenvalue weighted by atomic mass is 10.3. The van der Waals surface area contributed by atoms with Gasteiger partial charge in [0.15, 0.2) is 5.56 Å². The molecule has 0 saturated heterocycles. The maximum absolute atomic E-state index is 10.8. The number of nitriles is 1. The molecule has 0 unspecified atom stereocenters. The summed E-state index contributed by atoms with van der Waals surface area (Å²) in [5, 5.41) is 17.3. The second kappa shape index (κ2) is 2.64. The Balaban J connectivity index is 3.53. The summed E-state index contributed by atoms with van der Waals surface area (Å²) >= 11 is 5.35. The Kier molecular flexibility index (Phi) is 1.83. The normalized spacial score (nSPS) is 9.09. The monoisotopic (exact) mass is 170 g/mol. The minimum Gasteiger partial charge on any atom is -0.506 e. The minimum atomic E-state index is -0.683. The Bertz CT molecular complexity index is 377. The van der Waals surface area contributed by atoms with Crippen LogP contribution in [-0.4, -0.2) is 10.1 Å². The van der Waals surface area contributed by atoms with E-state index in [0.29, 0.717) is 0 Å². The van der Waals surface area contributed by atoms with Gasteiger partial charge in [0.25, 0.3) is 5.56 Å². The third-order valence-electron chi connectivity index (χ3n) is 1.09. The summed E-state index contributed by atoms with van der Waals surface area (Å²) in [6.07, 6.45) is 0.